The third-order valence-electron chi connectivity index (χ3n) is 3.73. The number of unbranched alkanes of at least 4 members (excludes halogenated alkanes) is 4. The van der Waals surface area contributed by atoms with Gasteiger partial charge in [-0.25, -0.2) is 4.98 Å². The van der Waals surface area contributed by atoms with Gasteiger partial charge in [-0.05, 0) is 35.4 Å². The second kappa shape index (κ2) is 8.22. The molecule has 0 radical (unpaired) electrons. The van der Waals surface area contributed by atoms with Gasteiger partial charge >= 0.3 is 6.01 Å². The van der Waals surface area contributed by atoms with Gasteiger partial charge in [0.1, 0.15) is 0 Å². The van der Waals surface area contributed by atoms with E-state index in [0.29, 0.717) is 9.59 Å². The van der Waals surface area contributed by atoms with Crippen LogP contribution in [0.2, 0.25) is 0 Å². The summed E-state index contributed by atoms with van der Waals surface area (Å²) in [4.78, 5) is 4.28. The van der Waals surface area contributed by atoms with Crippen LogP contribution in [0.5, 0.6) is 0 Å². The molecule has 0 amide bonds. The van der Waals surface area contributed by atoms with Crippen molar-refractivity contribution in [1.29, 1.82) is 0 Å². The molecule has 1 rings (SSSR count). The zero-order chi connectivity index (χ0) is 14.3. The highest BCUT2D eigenvalue weighted by Gasteiger charge is 2.32. The van der Waals surface area contributed by atoms with Crippen molar-refractivity contribution < 1.29 is 8.81 Å². The van der Waals surface area contributed by atoms with Gasteiger partial charge in [0.2, 0.25) is 5.89 Å². The Morgan fingerprint density at radius 3 is 2.26 bits per heavy atom. The van der Waals surface area contributed by atoms with Crippen LogP contribution in [0.15, 0.2) is 4.42 Å². The summed E-state index contributed by atoms with van der Waals surface area (Å²) in [5.41, 5.74) is -0.117. The molecule has 1 aromatic rings. The Labute approximate surface area is 129 Å². The highest BCUT2D eigenvalue weighted by Crippen LogP contribution is 2.35. The van der Waals surface area contributed by atoms with E-state index in [9.17, 15) is 4.39 Å². The summed E-state index contributed by atoms with van der Waals surface area (Å²) >= 11 is 1.89. The van der Waals surface area contributed by atoms with Gasteiger partial charge in [-0.3, -0.25) is 0 Å². The van der Waals surface area contributed by atoms with Gasteiger partial charge < -0.3 is 4.42 Å². The quantitative estimate of drug-likeness (QED) is 0.397. The molecule has 0 aliphatic heterocycles. The lowest BCUT2D eigenvalue weighted by molar-refractivity contribution is 0.248. The Morgan fingerprint density at radius 2 is 1.74 bits per heavy atom. The lowest BCUT2D eigenvalue weighted by Crippen LogP contribution is -2.22. The Balaban J connectivity index is 2.73. The average Bonchev–Trinajstić information content (AvgIpc) is 2.73. The summed E-state index contributed by atoms with van der Waals surface area (Å²) in [6.45, 7) is 6.55. The maximum Gasteiger partial charge on any atom is 0.311 e. The average molecular weight is 381 g/mol. The molecule has 0 spiro atoms. The number of hydrogen-bond acceptors (Lipinski definition) is 2. The molecule has 19 heavy (non-hydrogen) atoms. The molecule has 0 N–H and O–H groups in total. The van der Waals surface area contributed by atoms with Crippen molar-refractivity contribution in [3.8, 4) is 0 Å². The molecule has 1 heterocycles. The van der Waals surface area contributed by atoms with Crippen LogP contribution in [0.1, 0.15) is 78.0 Å². The fourth-order valence-electron chi connectivity index (χ4n) is 2.39. The first-order valence-corrected chi connectivity index (χ1v) is 8.43. The van der Waals surface area contributed by atoms with Crippen molar-refractivity contribution in [1.82, 2.24) is 4.98 Å². The zero-order valence-corrected chi connectivity index (χ0v) is 14.4. The van der Waals surface area contributed by atoms with Gasteiger partial charge in [-0.1, -0.05) is 59.3 Å². The van der Waals surface area contributed by atoms with Crippen molar-refractivity contribution in [2.45, 2.75) is 77.6 Å². The molecule has 0 aliphatic rings. The van der Waals surface area contributed by atoms with Crippen LogP contribution in [0, 0.1) is 9.71 Å². The molecule has 0 fully saturated rings. The van der Waals surface area contributed by atoms with E-state index in [-0.39, 0.29) is 5.41 Å². The van der Waals surface area contributed by atoms with E-state index in [2.05, 4.69) is 25.8 Å². The molecule has 0 aromatic carbocycles. The number of oxazole rings is 1. The molecule has 1 atom stereocenters. The third kappa shape index (κ3) is 5.04. The lowest BCUT2D eigenvalue weighted by Gasteiger charge is -2.26. The molecule has 0 bridgehead atoms. The summed E-state index contributed by atoms with van der Waals surface area (Å²) in [6, 6.07) is -0.535. The smallest absolute Gasteiger partial charge is 0.311 e. The maximum absolute atomic E-state index is 13.4. The van der Waals surface area contributed by atoms with Crippen molar-refractivity contribution in [2.24, 2.45) is 0 Å². The molecule has 0 aliphatic carbocycles. The number of hydrogen-bond donors (Lipinski definition) is 0. The van der Waals surface area contributed by atoms with Gasteiger partial charge in [0.15, 0.2) is 3.70 Å². The summed E-state index contributed by atoms with van der Waals surface area (Å²) in [5.74, 6) is 0.583. The van der Waals surface area contributed by atoms with E-state index in [1.807, 2.05) is 22.6 Å². The molecular weight excluding hydrogens is 356 g/mol. The monoisotopic (exact) mass is 381 g/mol. The van der Waals surface area contributed by atoms with Crippen LogP contribution in [0.4, 0.5) is 4.39 Å². The van der Waals surface area contributed by atoms with Gasteiger partial charge in [0, 0.05) is 5.41 Å². The molecule has 1 aromatic heterocycles. The molecular formula is C15H25FINO. The summed E-state index contributed by atoms with van der Waals surface area (Å²) in [7, 11) is 0. The van der Waals surface area contributed by atoms with Gasteiger partial charge in [0.05, 0.1) is 0 Å². The molecule has 2 nitrogen and oxygen atoms in total. The fraction of sp³-hybridized carbons (Fsp3) is 0.800. The van der Waals surface area contributed by atoms with Crippen molar-refractivity contribution in [2.75, 3.05) is 0 Å². The van der Waals surface area contributed by atoms with Crippen LogP contribution in [0.25, 0.3) is 0 Å². The summed E-state index contributed by atoms with van der Waals surface area (Å²) in [6.07, 6.45) is 9.22. The van der Waals surface area contributed by atoms with Crippen molar-refractivity contribution in [3.63, 3.8) is 0 Å². The van der Waals surface area contributed by atoms with E-state index in [0.717, 1.165) is 32.1 Å². The van der Waals surface area contributed by atoms with E-state index >= 15 is 0 Å². The molecule has 110 valence electrons. The first-order valence-electron chi connectivity index (χ1n) is 7.35. The van der Waals surface area contributed by atoms with Gasteiger partial charge in [0.25, 0.3) is 0 Å². The zero-order valence-electron chi connectivity index (χ0n) is 12.3. The second-order valence-corrected chi connectivity index (χ2v) is 6.58. The van der Waals surface area contributed by atoms with E-state index < -0.39 is 6.01 Å². The Morgan fingerprint density at radius 1 is 1.11 bits per heavy atom. The Bertz CT molecular complexity index is 361. The second-order valence-electron chi connectivity index (χ2n) is 5.56. The highest BCUT2D eigenvalue weighted by molar-refractivity contribution is 14.1. The number of nitrogens with zero attached hydrogens (tertiary/aromatic N) is 1. The van der Waals surface area contributed by atoms with Crippen LogP contribution in [-0.2, 0) is 5.41 Å². The highest BCUT2D eigenvalue weighted by atomic mass is 127. The minimum atomic E-state index is -0.535. The van der Waals surface area contributed by atoms with E-state index in [1.165, 1.54) is 19.3 Å². The number of rotatable bonds is 9. The minimum absolute atomic E-state index is 0.117. The normalized spacial score (nSPS) is 14.6. The molecule has 1 unspecified atom stereocenters. The van der Waals surface area contributed by atoms with Gasteiger partial charge in [-0.15, -0.1) is 0 Å². The standard InChI is InChI=1S/C15H25FINO/c1-4-6-8-9-11-15(3,10-7-5-2)14-18-13(17)12(16)19-14/h4-11H2,1-3H3. The van der Waals surface area contributed by atoms with Crippen LogP contribution < -0.4 is 0 Å². The van der Waals surface area contributed by atoms with Crippen molar-refractivity contribution >= 4 is 22.6 Å². The van der Waals surface area contributed by atoms with E-state index in [4.69, 9.17) is 4.42 Å². The molecule has 0 saturated carbocycles. The number of halogens is 2. The largest absolute Gasteiger partial charge is 0.414 e. The Kier molecular flexibility index (Phi) is 7.32. The topological polar surface area (TPSA) is 26.0 Å². The third-order valence-corrected chi connectivity index (χ3v) is 4.39. The maximum atomic E-state index is 13.4. The van der Waals surface area contributed by atoms with Crippen LogP contribution >= 0.6 is 22.6 Å². The Hall–Kier alpha value is -0.130. The predicted octanol–water partition coefficient (Wildman–Crippen LogP) is 5.84. The van der Waals surface area contributed by atoms with Crippen LogP contribution in [0.3, 0.4) is 0 Å². The SMILES string of the molecule is CCCCCCC(C)(CCCC)c1nc(I)c(F)o1. The van der Waals surface area contributed by atoms with E-state index in [1.54, 1.807) is 0 Å². The molecule has 0 saturated heterocycles. The predicted molar refractivity (Wildman–Crippen MR) is 84.8 cm³/mol. The summed E-state index contributed by atoms with van der Waals surface area (Å²) in [5, 5.41) is 0. The lowest BCUT2D eigenvalue weighted by atomic mass is 9.80. The first kappa shape index (κ1) is 16.9. The summed E-state index contributed by atoms with van der Waals surface area (Å²) < 4.78 is 19.0. The fourth-order valence-corrected chi connectivity index (χ4v) is 2.72. The minimum Gasteiger partial charge on any atom is -0.414 e. The number of aromatic nitrogens is 1. The molecule has 4 heteroatoms. The van der Waals surface area contributed by atoms with Gasteiger partial charge in [-0.2, -0.15) is 4.39 Å². The van der Waals surface area contributed by atoms with Crippen molar-refractivity contribution in [3.05, 3.63) is 15.6 Å². The first-order chi connectivity index (χ1) is 9.03. The van der Waals surface area contributed by atoms with Crippen LogP contribution in [-0.4, -0.2) is 4.98 Å².